The zero-order valence-electron chi connectivity index (χ0n) is 14.2. The zero-order valence-corrected chi connectivity index (χ0v) is 14.2. The average molecular weight is 330 g/mol. The Labute approximate surface area is 140 Å². The van der Waals surface area contributed by atoms with E-state index < -0.39 is 0 Å². The predicted octanol–water partition coefficient (Wildman–Crippen LogP) is 1.24. The molecule has 2 aromatic rings. The van der Waals surface area contributed by atoms with E-state index in [9.17, 15) is 4.79 Å². The van der Waals surface area contributed by atoms with E-state index in [1.165, 1.54) is 0 Å². The van der Waals surface area contributed by atoms with Crippen molar-refractivity contribution in [1.29, 1.82) is 0 Å². The largest absolute Gasteiger partial charge is 0.366 e. The van der Waals surface area contributed by atoms with Gasteiger partial charge in [0.2, 0.25) is 0 Å². The number of hydrogen-bond acceptors (Lipinski definition) is 6. The molecule has 0 saturated carbocycles. The van der Waals surface area contributed by atoms with Gasteiger partial charge in [0.15, 0.2) is 5.82 Å². The van der Waals surface area contributed by atoms with Crippen LogP contribution in [0.1, 0.15) is 53.5 Å². The first-order chi connectivity index (χ1) is 11.6. The smallest absolute Gasteiger partial charge is 0.257 e. The maximum atomic E-state index is 12.9. The van der Waals surface area contributed by atoms with Crippen molar-refractivity contribution in [2.75, 3.05) is 19.7 Å². The van der Waals surface area contributed by atoms with E-state index in [1.54, 1.807) is 11.1 Å². The Morgan fingerprint density at radius 2 is 2.21 bits per heavy atom. The Hall–Kier alpha value is -2.35. The number of amides is 1. The van der Waals surface area contributed by atoms with E-state index in [2.05, 4.69) is 25.1 Å². The van der Waals surface area contributed by atoms with Crippen LogP contribution in [0.15, 0.2) is 6.20 Å². The van der Waals surface area contributed by atoms with Crippen molar-refractivity contribution in [1.82, 2.24) is 30.0 Å². The maximum Gasteiger partial charge on any atom is 0.257 e. The third-order valence-corrected chi connectivity index (χ3v) is 4.08. The summed E-state index contributed by atoms with van der Waals surface area (Å²) in [5, 5.41) is 7.09. The number of H-pyrrole nitrogens is 1. The van der Waals surface area contributed by atoms with Gasteiger partial charge < -0.3 is 9.64 Å². The summed E-state index contributed by atoms with van der Waals surface area (Å²) in [6, 6.07) is 0. The predicted molar refractivity (Wildman–Crippen MR) is 86.5 cm³/mol. The molecular weight excluding hydrogens is 308 g/mol. The molecule has 0 unspecified atom stereocenters. The molecule has 0 spiro atoms. The van der Waals surface area contributed by atoms with Crippen LogP contribution in [0.25, 0.3) is 0 Å². The van der Waals surface area contributed by atoms with E-state index in [0.717, 1.165) is 17.9 Å². The second-order valence-corrected chi connectivity index (χ2v) is 5.74. The molecule has 0 radical (unpaired) electrons. The van der Waals surface area contributed by atoms with Crippen LogP contribution >= 0.6 is 0 Å². The number of carbonyl (C=O) groups excluding carboxylic acids is 1. The fraction of sp³-hybridized carbons (Fsp3) is 0.562. The van der Waals surface area contributed by atoms with Crippen LogP contribution in [0.4, 0.5) is 0 Å². The Morgan fingerprint density at radius 3 is 2.92 bits per heavy atom. The van der Waals surface area contributed by atoms with Gasteiger partial charge in [0.05, 0.1) is 24.4 Å². The molecule has 1 fully saturated rings. The molecule has 1 aliphatic rings. The van der Waals surface area contributed by atoms with Crippen molar-refractivity contribution >= 4 is 5.91 Å². The van der Waals surface area contributed by atoms with Crippen molar-refractivity contribution in [2.24, 2.45) is 0 Å². The monoisotopic (exact) mass is 330 g/mol. The molecule has 8 nitrogen and oxygen atoms in total. The number of carbonyl (C=O) groups is 1. The van der Waals surface area contributed by atoms with Crippen LogP contribution in [0.2, 0.25) is 0 Å². The van der Waals surface area contributed by atoms with Crippen LogP contribution in [0.3, 0.4) is 0 Å². The summed E-state index contributed by atoms with van der Waals surface area (Å²) in [6.45, 7) is 7.24. The minimum absolute atomic E-state index is 0.0635. The number of ether oxygens (including phenoxy) is 1. The van der Waals surface area contributed by atoms with Gasteiger partial charge in [0.1, 0.15) is 17.8 Å². The Balaban J connectivity index is 1.78. The Bertz CT molecular complexity index is 729. The molecule has 0 bridgehead atoms. The first-order valence-corrected chi connectivity index (χ1v) is 8.26. The first-order valence-electron chi connectivity index (χ1n) is 8.26. The number of aromatic nitrogens is 5. The molecule has 3 heterocycles. The van der Waals surface area contributed by atoms with Gasteiger partial charge in [-0.1, -0.05) is 13.8 Å². The zero-order chi connectivity index (χ0) is 17.1. The lowest BCUT2D eigenvalue weighted by atomic mass is 10.1. The van der Waals surface area contributed by atoms with E-state index in [0.29, 0.717) is 43.3 Å². The quantitative estimate of drug-likeness (QED) is 0.906. The first kappa shape index (κ1) is 16.5. The number of rotatable bonds is 4. The van der Waals surface area contributed by atoms with Gasteiger partial charge in [-0.2, -0.15) is 5.10 Å². The summed E-state index contributed by atoms with van der Waals surface area (Å²) in [7, 11) is 0. The Morgan fingerprint density at radius 1 is 1.38 bits per heavy atom. The second-order valence-electron chi connectivity index (χ2n) is 5.74. The van der Waals surface area contributed by atoms with Crippen molar-refractivity contribution in [3.05, 3.63) is 34.9 Å². The summed E-state index contributed by atoms with van der Waals surface area (Å²) in [4.78, 5) is 27.6. The molecule has 1 saturated heterocycles. The highest BCUT2D eigenvalue weighted by molar-refractivity contribution is 5.95. The fourth-order valence-corrected chi connectivity index (χ4v) is 2.74. The maximum absolute atomic E-state index is 12.9. The summed E-state index contributed by atoms with van der Waals surface area (Å²) in [6.07, 6.45) is 2.79. The van der Waals surface area contributed by atoms with Crippen LogP contribution in [-0.4, -0.2) is 55.7 Å². The van der Waals surface area contributed by atoms with Gasteiger partial charge in [-0.25, -0.2) is 15.0 Å². The molecule has 2 aromatic heterocycles. The normalized spacial score (nSPS) is 18.0. The highest BCUT2D eigenvalue weighted by Gasteiger charge is 2.29. The van der Waals surface area contributed by atoms with Gasteiger partial charge in [-0.3, -0.25) is 9.89 Å². The van der Waals surface area contributed by atoms with E-state index in [-0.39, 0.29) is 12.0 Å². The van der Waals surface area contributed by atoms with Gasteiger partial charge in [-0.15, -0.1) is 0 Å². The molecule has 0 aliphatic carbocycles. The van der Waals surface area contributed by atoms with Crippen molar-refractivity contribution in [3.63, 3.8) is 0 Å². The molecule has 1 amide bonds. The van der Waals surface area contributed by atoms with E-state index in [4.69, 9.17) is 4.74 Å². The number of nitrogens with zero attached hydrogens (tertiary/aromatic N) is 5. The molecule has 24 heavy (non-hydrogen) atoms. The molecular formula is C16H22N6O2. The molecule has 1 atom stereocenters. The van der Waals surface area contributed by atoms with E-state index in [1.807, 2.05) is 20.8 Å². The Kier molecular flexibility index (Phi) is 4.84. The summed E-state index contributed by atoms with van der Waals surface area (Å²) < 4.78 is 5.74. The molecule has 1 aliphatic heterocycles. The third kappa shape index (κ3) is 3.28. The van der Waals surface area contributed by atoms with Crippen LogP contribution < -0.4 is 0 Å². The molecule has 0 aromatic carbocycles. The lowest BCUT2D eigenvalue weighted by Crippen LogP contribution is -2.43. The summed E-state index contributed by atoms with van der Waals surface area (Å²) in [5.74, 6) is 2.03. The summed E-state index contributed by atoms with van der Waals surface area (Å²) in [5.41, 5.74) is 1.34. The van der Waals surface area contributed by atoms with Gasteiger partial charge in [0, 0.05) is 19.2 Å². The van der Waals surface area contributed by atoms with Crippen LogP contribution in [-0.2, 0) is 17.6 Å². The molecule has 3 rings (SSSR count). The molecule has 1 N–H and O–H groups in total. The van der Waals surface area contributed by atoms with Gasteiger partial charge >= 0.3 is 0 Å². The van der Waals surface area contributed by atoms with Crippen LogP contribution in [0, 0.1) is 6.92 Å². The summed E-state index contributed by atoms with van der Waals surface area (Å²) >= 11 is 0. The minimum atomic E-state index is -0.310. The number of aryl methyl sites for hydroxylation is 3. The third-order valence-electron chi connectivity index (χ3n) is 4.08. The fourth-order valence-electron chi connectivity index (χ4n) is 2.74. The minimum Gasteiger partial charge on any atom is -0.366 e. The van der Waals surface area contributed by atoms with Crippen molar-refractivity contribution in [3.8, 4) is 0 Å². The lowest BCUT2D eigenvalue weighted by Gasteiger charge is -2.31. The SMILES string of the molecule is CCc1nc([C@H]2CN(C(=O)c3cnc(C)nc3CC)CCO2)n[nH]1. The molecule has 128 valence electrons. The average Bonchev–Trinajstić information content (AvgIpc) is 3.10. The number of hydrogen-bond donors (Lipinski definition) is 1. The topological polar surface area (TPSA) is 96.9 Å². The number of aromatic amines is 1. The van der Waals surface area contributed by atoms with Gasteiger partial charge in [-0.05, 0) is 13.3 Å². The van der Waals surface area contributed by atoms with Crippen molar-refractivity contribution < 1.29 is 9.53 Å². The standard InChI is InChI=1S/C16H22N6O2/c1-4-12-11(8-17-10(3)18-12)16(23)22-6-7-24-13(9-22)15-19-14(5-2)20-21-15/h8,13H,4-7,9H2,1-3H3,(H,19,20,21)/t13-/m1/s1. The van der Waals surface area contributed by atoms with Crippen molar-refractivity contribution in [2.45, 2.75) is 39.7 Å². The van der Waals surface area contributed by atoms with E-state index >= 15 is 0 Å². The molecule has 8 heteroatoms. The number of nitrogens with one attached hydrogen (secondary N) is 1. The highest BCUT2D eigenvalue weighted by atomic mass is 16.5. The highest BCUT2D eigenvalue weighted by Crippen LogP contribution is 2.21. The van der Waals surface area contributed by atoms with Crippen LogP contribution in [0.5, 0.6) is 0 Å². The van der Waals surface area contributed by atoms with Gasteiger partial charge in [0.25, 0.3) is 5.91 Å². The second kappa shape index (κ2) is 7.04. The lowest BCUT2D eigenvalue weighted by molar-refractivity contribution is -0.0267. The number of morpholine rings is 1.